The fourth-order valence-electron chi connectivity index (χ4n) is 1.45. The van der Waals surface area contributed by atoms with Crippen molar-refractivity contribution in [1.82, 2.24) is 0 Å². The SMILES string of the molecule is CCCCCC(=O)/C=C(\[O-])c1ccccc1. The van der Waals surface area contributed by atoms with Crippen molar-refractivity contribution in [1.29, 1.82) is 0 Å². The summed E-state index contributed by atoms with van der Waals surface area (Å²) in [5, 5.41) is 11.6. The smallest absolute Gasteiger partial charge is 0.155 e. The molecule has 0 amide bonds. The molecular weight excluding hydrogens is 200 g/mol. The minimum atomic E-state index is -0.193. The lowest BCUT2D eigenvalue weighted by molar-refractivity contribution is -0.243. The van der Waals surface area contributed by atoms with Crippen LogP contribution in [0.25, 0.3) is 5.76 Å². The Morgan fingerprint density at radius 3 is 2.56 bits per heavy atom. The van der Waals surface area contributed by atoms with Crippen LogP contribution < -0.4 is 5.11 Å². The van der Waals surface area contributed by atoms with Crippen LogP contribution in [0.5, 0.6) is 0 Å². The molecule has 0 saturated heterocycles. The molecule has 16 heavy (non-hydrogen) atoms. The maximum absolute atomic E-state index is 11.6. The number of carbonyl (C=O) groups is 1. The van der Waals surface area contributed by atoms with Crippen LogP contribution in [-0.4, -0.2) is 5.78 Å². The molecule has 0 bridgehead atoms. The Morgan fingerprint density at radius 2 is 1.94 bits per heavy atom. The van der Waals surface area contributed by atoms with E-state index in [1.54, 1.807) is 24.3 Å². The number of unbranched alkanes of at least 4 members (excludes halogenated alkanes) is 2. The van der Waals surface area contributed by atoms with E-state index >= 15 is 0 Å². The van der Waals surface area contributed by atoms with Crippen LogP contribution in [-0.2, 0) is 4.79 Å². The van der Waals surface area contributed by atoms with Crippen LogP contribution in [0.1, 0.15) is 38.2 Å². The van der Waals surface area contributed by atoms with Crippen LogP contribution >= 0.6 is 0 Å². The Hall–Kier alpha value is -1.57. The molecule has 2 heteroatoms. The molecule has 0 atom stereocenters. The van der Waals surface area contributed by atoms with E-state index in [2.05, 4.69) is 6.92 Å². The molecule has 1 rings (SSSR count). The summed E-state index contributed by atoms with van der Waals surface area (Å²) in [6.45, 7) is 2.09. The number of hydrogen-bond donors (Lipinski definition) is 0. The van der Waals surface area contributed by atoms with Crippen molar-refractivity contribution in [2.75, 3.05) is 0 Å². The third-order valence-electron chi connectivity index (χ3n) is 2.38. The first kappa shape index (κ1) is 12.5. The molecule has 0 fully saturated rings. The van der Waals surface area contributed by atoms with Crippen molar-refractivity contribution in [2.45, 2.75) is 32.6 Å². The summed E-state index contributed by atoms with van der Waals surface area (Å²) in [5.41, 5.74) is 0.575. The number of carbonyl (C=O) groups excluding carboxylic acids is 1. The van der Waals surface area contributed by atoms with Crippen molar-refractivity contribution >= 4 is 11.5 Å². The van der Waals surface area contributed by atoms with Gasteiger partial charge in [-0.15, -0.1) is 0 Å². The third kappa shape index (κ3) is 4.30. The molecule has 86 valence electrons. The first-order valence-electron chi connectivity index (χ1n) is 5.71. The van der Waals surface area contributed by atoms with E-state index in [4.69, 9.17) is 0 Å². The minimum Gasteiger partial charge on any atom is -0.872 e. The van der Waals surface area contributed by atoms with Gasteiger partial charge in [-0.2, -0.15) is 0 Å². The summed E-state index contributed by atoms with van der Waals surface area (Å²) in [4.78, 5) is 11.4. The first-order valence-corrected chi connectivity index (χ1v) is 5.71. The van der Waals surface area contributed by atoms with Gasteiger partial charge in [0, 0.05) is 6.42 Å². The predicted molar refractivity (Wildman–Crippen MR) is 63.6 cm³/mol. The molecular formula is C14H17O2-. The van der Waals surface area contributed by atoms with Gasteiger partial charge in [-0.25, -0.2) is 0 Å². The predicted octanol–water partition coefficient (Wildman–Crippen LogP) is 2.54. The quantitative estimate of drug-likeness (QED) is 0.417. The van der Waals surface area contributed by atoms with Crippen LogP contribution in [0.3, 0.4) is 0 Å². The number of allylic oxidation sites excluding steroid dienone is 1. The maximum atomic E-state index is 11.6. The molecule has 0 spiro atoms. The lowest BCUT2D eigenvalue weighted by atomic mass is 10.1. The second kappa shape index (κ2) is 6.83. The van der Waals surface area contributed by atoms with Crippen LogP contribution in [0.2, 0.25) is 0 Å². The normalized spacial score (nSPS) is 11.4. The number of benzene rings is 1. The van der Waals surface area contributed by atoms with Crippen molar-refractivity contribution in [3.8, 4) is 0 Å². The summed E-state index contributed by atoms with van der Waals surface area (Å²) in [7, 11) is 0. The Kier molecular flexibility index (Phi) is 5.34. The van der Waals surface area contributed by atoms with E-state index in [9.17, 15) is 9.90 Å². The third-order valence-corrected chi connectivity index (χ3v) is 2.38. The molecule has 0 aliphatic heterocycles. The van der Waals surface area contributed by atoms with E-state index in [1.165, 1.54) is 6.08 Å². The standard InChI is InChI=1S/C14H18O2/c1-2-3-5-10-13(15)11-14(16)12-8-6-4-7-9-12/h4,6-9,11,16H,2-3,5,10H2,1H3/p-1/b14-11-. The van der Waals surface area contributed by atoms with Gasteiger partial charge >= 0.3 is 0 Å². The van der Waals surface area contributed by atoms with E-state index in [0.29, 0.717) is 12.0 Å². The molecule has 2 nitrogen and oxygen atoms in total. The maximum Gasteiger partial charge on any atom is 0.155 e. The molecule has 0 saturated carbocycles. The Labute approximate surface area is 96.6 Å². The second-order valence-corrected chi connectivity index (χ2v) is 3.80. The molecule has 0 unspecified atom stereocenters. The highest BCUT2D eigenvalue weighted by Crippen LogP contribution is 2.09. The highest BCUT2D eigenvalue weighted by molar-refractivity contribution is 5.94. The van der Waals surface area contributed by atoms with E-state index in [1.807, 2.05) is 6.07 Å². The molecule has 0 N–H and O–H groups in total. The van der Waals surface area contributed by atoms with Gasteiger partial charge in [-0.3, -0.25) is 4.79 Å². The molecule has 1 aromatic carbocycles. The summed E-state index contributed by atoms with van der Waals surface area (Å²) in [5.74, 6) is -0.260. The van der Waals surface area contributed by atoms with Crippen molar-refractivity contribution in [3.63, 3.8) is 0 Å². The Morgan fingerprint density at radius 1 is 1.25 bits per heavy atom. The van der Waals surface area contributed by atoms with E-state index in [-0.39, 0.29) is 11.5 Å². The zero-order chi connectivity index (χ0) is 11.8. The zero-order valence-corrected chi connectivity index (χ0v) is 9.61. The summed E-state index contributed by atoms with van der Waals surface area (Å²) in [6, 6.07) is 8.88. The van der Waals surface area contributed by atoms with Gasteiger partial charge in [0.2, 0.25) is 0 Å². The molecule has 1 aromatic rings. The second-order valence-electron chi connectivity index (χ2n) is 3.80. The molecule has 0 heterocycles. The molecule has 0 aromatic heterocycles. The Balaban J connectivity index is 2.53. The largest absolute Gasteiger partial charge is 0.872 e. The van der Waals surface area contributed by atoms with Gasteiger partial charge in [-0.05, 0) is 18.1 Å². The van der Waals surface area contributed by atoms with E-state index in [0.717, 1.165) is 19.3 Å². The van der Waals surface area contributed by atoms with Crippen molar-refractivity contribution in [2.24, 2.45) is 0 Å². The fraction of sp³-hybridized carbons (Fsp3) is 0.357. The summed E-state index contributed by atoms with van der Waals surface area (Å²) < 4.78 is 0. The van der Waals surface area contributed by atoms with Gasteiger partial charge in [-0.1, -0.05) is 55.9 Å². The summed E-state index contributed by atoms with van der Waals surface area (Å²) >= 11 is 0. The minimum absolute atomic E-state index is 0.0673. The highest BCUT2D eigenvalue weighted by atomic mass is 16.3. The highest BCUT2D eigenvalue weighted by Gasteiger charge is 1.97. The fourth-order valence-corrected chi connectivity index (χ4v) is 1.45. The van der Waals surface area contributed by atoms with Crippen LogP contribution in [0.4, 0.5) is 0 Å². The number of rotatable bonds is 6. The van der Waals surface area contributed by atoms with Gasteiger partial charge in [0.05, 0.1) is 0 Å². The van der Waals surface area contributed by atoms with Crippen molar-refractivity contribution in [3.05, 3.63) is 42.0 Å². The lowest BCUT2D eigenvalue weighted by Gasteiger charge is -2.11. The van der Waals surface area contributed by atoms with Gasteiger partial charge in [0.15, 0.2) is 5.78 Å². The summed E-state index contributed by atoms with van der Waals surface area (Å²) in [6.07, 6.45) is 4.68. The molecule has 0 aliphatic rings. The van der Waals surface area contributed by atoms with E-state index < -0.39 is 0 Å². The monoisotopic (exact) mass is 217 g/mol. The van der Waals surface area contributed by atoms with Gasteiger partial charge < -0.3 is 5.11 Å². The number of ketones is 1. The van der Waals surface area contributed by atoms with Crippen molar-refractivity contribution < 1.29 is 9.90 Å². The molecule has 0 aliphatic carbocycles. The van der Waals surface area contributed by atoms with Crippen LogP contribution in [0, 0.1) is 0 Å². The van der Waals surface area contributed by atoms with Gasteiger partial charge in [0.1, 0.15) is 0 Å². The van der Waals surface area contributed by atoms with Gasteiger partial charge in [0.25, 0.3) is 0 Å². The Bertz CT molecular complexity index is 352. The molecule has 0 radical (unpaired) electrons. The number of hydrogen-bond acceptors (Lipinski definition) is 2. The average molecular weight is 217 g/mol. The van der Waals surface area contributed by atoms with Crippen LogP contribution in [0.15, 0.2) is 36.4 Å². The lowest BCUT2D eigenvalue weighted by Crippen LogP contribution is -2.05. The topological polar surface area (TPSA) is 40.1 Å². The average Bonchev–Trinajstić information content (AvgIpc) is 2.30. The zero-order valence-electron chi connectivity index (χ0n) is 9.61. The first-order chi connectivity index (χ1) is 7.74.